The number of benzene rings is 2. The number of hydrogen-bond acceptors (Lipinski definition) is 6. The Morgan fingerprint density at radius 2 is 1.91 bits per heavy atom. The number of nitrogens with zero attached hydrogens (tertiary/aromatic N) is 1. The number of sulfone groups is 1. The summed E-state index contributed by atoms with van der Waals surface area (Å²) in [5.74, 6) is -1.19. The summed E-state index contributed by atoms with van der Waals surface area (Å²) < 4.78 is 24.5. The quantitative estimate of drug-likeness (QED) is 0.501. The molecule has 0 radical (unpaired) electrons. The fraction of sp³-hybridized carbons (Fsp3) is 0.227. The maximum atomic E-state index is 12.4. The van der Waals surface area contributed by atoms with Crippen molar-refractivity contribution in [1.82, 2.24) is 15.2 Å². The molecule has 1 aliphatic heterocycles. The molecule has 1 unspecified atom stereocenters. The molecule has 3 aromatic rings. The van der Waals surface area contributed by atoms with Crippen LogP contribution in [0.2, 0.25) is 0 Å². The zero-order valence-electron chi connectivity index (χ0n) is 17.2. The maximum absolute atomic E-state index is 12.4. The molecule has 0 aliphatic carbocycles. The van der Waals surface area contributed by atoms with E-state index in [1.165, 1.54) is 28.8 Å². The van der Waals surface area contributed by atoms with Gasteiger partial charge in [-0.1, -0.05) is 6.07 Å². The number of carbonyl (C=O) groups excluding carboxylic acids is 3. The topological polar surface area (TPSA) is 135 Å². The van der Waals surface area contributed by atoms with E-state index in [4.69, 9.17) is 0 Å². The van der Waals surface area contributed by atoms with Crippen molar-refractivity contribution in [2.75, 3.05) is 6.26 Å². The van der Waals surface area contributed by atoms with E-state index in [1.54, 1.807) is 24.4 Å². The molecule has 9 nitrogen and oxygen atoms in total. The minimum absolute atomic E-state index is 0.0592. The van der Waals surface area contributed by atoms with Crippen LogP contribution >= 0.6 is 0 Å². The number of amides is 3. The zero-order chi connectivity index (χ0) is 23.0. The van der Waals surface area contributed by atoms with Crippen molar-refractivity contribution in [2.24, 2.45) is 0 Å². The van der Waals surface area contributed by atoms with Crippen molar-refractivity contribution < 1.29 is 27.9 Å². The van der Waals surface area contributed by atoms with Crippen molar-refractivity contribution in [3.63, 3.8) is 0 Å². The van der Waals surface area contributed by atoms with Crippen LogP contribution in [0.1, 0.15) is 34.8 Å². The van der Waals surface area contributed by atoms with Crippen molar-refractivity contribution in [1.29, 1.82) is 0 Å². The Morgan fingerprint density at radius 1 is 1.19 bits per heavy atom. The number of piperidine rings is 1. The van der Waals surface area contributed by atoms with Crippen LogP contribution in [-0.2, 0) is 26.0 Å². The summed E-state index contributed by atoms with van der Waals surface area (Å²) in [4.78, 5) is 36.1. The van der Waals surface area contributed by atoms with Gasteiger partial charge in [0, 0.05) is 41.8 Å². The Morgan fingerprint density at radius 3 is 2.56 bits per heavy atom. The van der Waals surface area contributed by atoms with Crippen LogP contribution in [-0.4, -0.2) is 42.1 Å². The van der Waals surface area contributed by atoms with Gasteiger partial charge in [-0.15, -0.1) is 0 Å². The first-order chi connectivity index (χ1) is 15.1. The van der Waals surface area contributed by atoms with Crippen LogP contribution in [0.15, 0.2) is 53.6 Å². The van der Waals surface area contributed by atoms with Gasteiger partial charge in [0.05, 0.1) is 4.90 Å². The number of aromatic hydroxyl groups is 1. The lowest BCUT2D eigenvalue weighted by atomic mass is 10.1. The van der Waals surface area contributed by atoms with Crippen LogP contribution in [0.4, 0.5) is 0 Å². The number of aromatic nitrogens is 1. The maximum Gasteiger partial charge on any atom is 0.251 e. The second-order valence-electron chi connectivity index (χ2n) is 7.73. The van der Waals surface area contributed by atoms with Gasteiger partial charge in [-0.2, -0.15) is 0 Å². The van der Waals surface area contributed by atoms with E-state index < -0.39 is 21.8 Å². The van der Waals surface area contributed by atoms with Gasteiger partial charge in [-0.05, 0) is 48.4 Å². The SMILES string of the molecule is CS(=O)(=O)c1ccc(C(=O)NCc2ccc3c(O)n(C4CCC(=O)NC4=O)cc3c2)cc1. The second-order valence-corrected chi connectivity index (χ2v) is 9.74. The number of imide groups is 1. The Bertz CT molecular complexity index is 1340. The third-order valence-electron chi connectivity index (χ3n) is 5.42. The molecule has 10 heteroatoms. The highest BCUT2D eigenvalue weighted by molar-refractivity contribution is 7.90. The van der Waals surface area contributed by atoms with Gasteiger partial charge in [0.2, 0.25) is 11.8 Å². The molecule has 32 heavy (non-hydrogen) atoms. The first-order valence-corrected chi connectivity index (χ1v) is 11.8. The van der Waals surface area contributed by atoms with E-state index >= 15 is 0 Å². The molecule has 1 fully saturated rings. The molecule has 1 saturated heterocycles. The third-order valence-corrected chi connectivity index (χ3v) is 6.55. The highest BCUT2D eigenvalue weighted by atomic mass is 32.2. The first-order valence-electron chi connectivity index (χ1n) is 9.88. The Balaban J connectivity index is 1.49. The zero-order valence-corrected chi connectivity index (χ0v) is 18.0. The number of nitrogens with one attached hydrogen (secondary N) is 2. The molecule has 0 spiro atoms. The molecule has 0 saturated carbocycles. The predicted molar refractivity (Wildman–Crippen MR) is 116 cm³/mol. The molecule has 3 amide bonds. The standard InChI is InChI=1S/C22H21N3O6S/c1-32(30,31)16-5-3-14(4-6-16)20(27)23-11-13-2-7-17-15(10-13)12-25(22(17)29)18-8-9-19(26)24-21(18)28/h2-7,10,12,18,29H,8-9,11H2,1H3,(H,23,27)(H,24,26,28). The van der Waals surface area contributed by atoms with Crippen molar-refractivity contribution in [3.05, 3.63) is 59.8 Å². The molecule has 2 heterocycles. The van der Waals surface area contributed by atoms with Crippen LogP contribution in [0.5, 0.6) is 5.88 Å². The smallest absolute Gasteiger partial charge is 0.251 e. The van der Waals surface area contributed by atoms with E-state index in [1.807, 2.05) is 0 Å². The summed E-state index contributed by atoms with van der Waals surface area (Å²) in [7, 11) is -3.33. The molecule has 1 aromatic heterocycles. The van der Waals surface area contributed by atoms with Crippen LogP contribution in [0.3, 0.4) is 0 Å². The molecule has 1 aliphatic rings. The summed E-state index contributed by atoms with van der Waals surface area (Å²) in [5.41, 5.74) is 1.11. The van der Waals surface area contributed by atoms with Gasteiger partial charge in [0.15, 0.2) is 15.7 Å². The first kappa shape index (κ1) is 21.6. The number of carbonyl (C=O) groups is 3. The van der Waals surface area contributed by atoms with Gasteiger partial charge < -0.3 is 15.0 Å². The van der Waals surface area contributed by atoms with Crippen molar-refractivity contribution in [2.45, 2.75) is 30.3 Å². The summed E-state index contributed by atoms with van der Waals surface area (Å²) in [6.07, 6.45) is 3.26. The largest absolute Gasteiger partial charge is 0.494 e. The van der Waals surface area contributed by atoms with Crippen molar-refractivity contribution in [3.8, 4) is 5.88 Å². The highest BCUT2D eigenvalue weighted by Crippen LogP contribution is 2.33. The highest BCUT2D eigenvalue weighted by Gasteiger charge is 2.30. The Hall–Kier alpha value is -3.66. The number of hydrogen-bond donors (Lipinski definition) is 3. The number of rotatable bonds is 5. The lowest BCUT2D eigenvalue weighted by Crippen LogP contribution is -2.41. The van der Waals surface area contributed by atoms with E-state index in [2.05, 4.69) is 10.6 Å². The fourth-order valence-corrected chi connectivity index (χ4v) is 4.34. The molecule has 4 rings (SSSR count). The van der Waals surface area contributed by atoms with Gasteiger partial charge in [-0.3, -0.25) is 19.7 Å². The average molecular weight is 455 g/mol. The molecular weight excluding hydrogens is 434 g/mol. The van der Waals surface area contributed by atoms with Gasteiger partial charge in [-0.25, -0.2) is 8.42 Å². The van der Waals surface area contributed by atoms with Gasteiger partial charge >= 0.3 is 0 Å². The van der Waals surface area contributed by atoms with Crippen molar-refractivity contribution >= 4 is 38.3 Å². The molecule has 2 aromatic carbocycles. The summed E-state index contributed by atoms with van der Waals surface area (Å²) in [6, 6.07) is 10.3. The summed E-state index contributed by atoms with van der Waals surface area (Å²) >= 11 is 0. The van der Waals surface area contributed by atoms with E-state index in [0.717, 1.165) is 11.8 Å². The molecular formula is C22H21N3O6S. The van der Waals surface area contributed by atoms with Gasteiger partial charge in [0.1, 0.15) is 6.04 Å². The minimum Gasteiger partial charge on any atom is -0.494 e. The van der Waals surface area contributed by atoms with E-state index in [9.17, 15) is 27.9 Å². The van der Waals surface area contributed by atoms with Gasteiger partial charge in [0.25, 0.3) is 5.91 Å². The average Bonchev–Trinajstić information content (AvgIpc) is 3.07. The second kappa shape index (κ2) is 8.12. The lowest BCUT2D eigenvalue weighted by molar-refractivity contribution is -0.135. The van der Waals surface area contributed by atoms with E-state index in [0.29, 0.717) is 22.8 Å². The summed E-state index contributed by atoms with van der Waals surface area (Å²) in [5, 5.41) is 16.9. The lowest BCUT2D eigenvalue weighted by Gasteiger charge is -2.22. The van der Waals surface area contributed by atoms with Crippen LogP contribution < -0.4 is 10.6 Å². The Labute approximate surface area is 184 Å². The monoisotopic (exact) mass is 455 g/mol. The third kappa shape index (κ3) is 4.22. The molecule has 3 N–H and O–H groups in total. The fourth-order valence-electron chi connectivity index (χ4n) is 3.71. The molecule has 166 valence electrons. The van der Waals surface area contributed by atoms with E-state index in [-0.39, 0.29) is 35.6 Å². The summed E-state index contributed by atoms with van der Waals surface area (Å²) in [6.45, 7) is 0.215. The van der Waals surface area contributed by atoms with Crippen LogP contribution in [0.25, 0.3) is 10.8 Å². The Kier molecular flexibility index (Phi) is 5.47. The molecule has 0 bridgehead atoms. The number of fused-ring (bicyclic) bond motifs is 1. The molecule has 1 atom stereocenters. The predicted octanol–water partition coefficient (Wildman–Crippen LogP) is 1.66. The van der Waals surface area contributed by atoms with Crippen LogP contribution in [0, 0.1) is 0 Å². The minimum atomic E-state index is -3.33. The normalized spacial score (nSPS) is 16.7.